The van der Waals surface area contributed by atoms with Gasteiger partial charge in [-0.1, -0.05) is 0 Å². The minimum Gasteiger partial charge on any atom is -0.399 e. The van der Waals surface area contributed by atoms with Crippen LogP contribution in [-0.2, 0) is 4.74 Å². The number of anilines is 2. The van der Waals surface area contributed by atoms with E-state index in [2.05, 4.69) is 15.4 Å². The lowest BCUT2D eigenvalue weighted by molar-refractivity contribution is 0.177. The Labute approximate surface area is 82.2 Å². The zero-order valence-electron chi connectivity index (χ0n) is 7.91. The fourth-order valence-electron chi connectivity index (χ4n) is 0.879. The van der Waals surface area contributed by atoms with E-state index < -0.39 is 0 Å². The monoisotopic (exact) mass is 195 g/mol. The van der Waals surface area contributed by atoms with Crippen LogP contribution in [0.3, 0.4) is 0 Å². The Balaban J connectivity index is 2.44. The summed E-state index contributed by atoms with van der Waals surface area (Å²) in [5.41, 5.74) is 6.84. The van der Waals surface area contributed by atoms with Crippen LogP contribution in [0.15, 0.2) is 24.3 Å². The number of carbonyl (C=O) groups is 1. The molecule has 0 aliphatic rings. The number of amides is 2. The third kappa shape index (κ3) is 3.32. The fourth-order valence-corrected chi connectivity index (χ4v) is 0.879. The molecule has 4 N–H and O–H groups in total. The molecule has 0 saturated carbocycles. The van der Waals surface area contributed by atoms with Crippen molar-refractivity contribution < 1.29 is 9.53 Å². The quantitative estimate of drug-likeness (QED) is 0.497. The zero-order valence-corrected chi connectivity index (χ0v) is 7.91. The number of hydrogen-bond donors (Lipinski definition) is 3. The smallest absolute Gasteiger partial charge is 0.321 e. The molecule has 76 valence electrons. The van der Waals surface area contributed by atoms with Crippen molar-refractivity contribution in [1.82, 2.24) is 5.32 Å². The summed E-state index contributed by atoms with van der Waals surface area (Å²) in [6, 6.07) is 6.57. The van der Waals surface area contributed by atoms with Gasteiger partial charge in [0, 0.05) is 18.5 Å². The average Bonchev–Trinajstić information content (AvgIpc) is 2.18. The van der Waals surface area contributed by atoms with Gasteiger partial charge in [0.2, 0.25) is 0 Å². The maximum Gasteiger partial charge on any atom is 0.321 e. The van der Waals surface area contributed by atoms with Gasteiger partial charge in [-0.3, -0.25) is 0 Å². The Morgan fingerprint density at radius 3 is 2.64 bits per heavy atom. The van der Waals surface area contributed by atoms with Crippen molar-refractivity contribution >= 4 is 17.4 Å². The summed E-state index contributed by atoms with van der Waals surface area (Å²) in [7, 11) is 1.50. The van der Waals surface area contributed by atoms with E-state index in [0.29, 0.717) is 11.4 Å². The molecule has 0 unspecified atom stereocenters. The first-order chi connectivity index (χ1) is 6.72. The molecule has 1 aromatic carbocycles. The molecule has 5 nitrogen and oxygen atoms in total. The van der Waals surface area contributed by atoms with Crippen molar-refractivity contribution in [3.8, 4) is 0 Å². The van der Waals surface area contributed by atoms with Gasteiger partial charge in [0.1, 0.15) is 6.73 Å². The van der Waals surface area contributed by atoms with Crippen LogP contribution in [-0.4, -0.2) is 19.9 Å². The molecule has 2 amide bonds. The van der Waals surface area contributed by atoms with Gasteiger partial charge >= 0.3 is 6.03 Å². The van der Waals surface area contributed by atoms with Crippen LogP contribution in [0.5, 0.6) is 0 Å². The van der Waals surface area contributed by atoms with Gasteiger partial charge < -0.3 is 21.1 Å². The SMILES string of the molecule is COCNC(=O)Nc1ccc(N)cc1. The Kier molecular flexibility index (Phi) is 3.75. The lowest BCUT2D eigenvalue weighted by atomic mass is 10.3. The molecule has 0 aromatic heterocycles. The number of hydrogen-bond acceptors (Lipinski definition) is 3. The number of methoxy groups -OCH3 is 1. The van der Waals surface area contributed by atoms with E-state index >= 15 is 0 Å². The lowest BCUT2D eigenvalue weighted by Gasteiger charge is -2.06. The number of nitrogens with one attached hydrogen (secondary N) is 2. The molecule has 0 heterocycles. The van der Waals surface area contributed by atoms with Crippen molar-refractivity contribution in [3.63, 3.8) is 0 Å². The lowest BCUT2D eigenvalue weighted by Crippen LogP contribution is -2.30. The molecule has 0 radical (unpaired) electrons. The maximum atomic E-state index is 11.1. The molecular formula is C9H13N3O2. The summed E-state index contributed by atoms with van der Waals surface area (Å²) in [5.74, 6) is 0. The minimum atomic E-state index is -0.309. The molecule has 1 rings (SSSR count). The van der Waals surface area contributed by atoms with Crippen LogP contribution >= 0.6 is 0 Å². The highest BCUT2D eigenvalue weighted by molar-refractivity contribution is 5.89. The van der Waals surface area contributed by atoms with Crippen molar-refractivity contribution in [3.05, 3.63) is 24.3 Å². The van der Waals surface area contributed by atoms with Gasteiger partial charge in [-0.05, 0) is 24.3 Å². The highest BCUT2D eigenvalue weighted by Gasteiger charge is 1.98. The van der Waals surface area contributed by atoms with E-state index in [0.717, 1.165) is 0 Å². The highest BCUT2D eigenvalue weighted by Crippen LogP contribution is 2.09. The number of carbonyl (C=O) groups excluding carboxylic acids is 1. The number of nitrogen functional groups attached to an aromatic ring is 1. The van der Waals surface area contributed by atoms with Crippen LogP contribution in [0, 0.1) is 0 Å². The number of benzene rings is 1. The molecule has 14 heavy (non-hydrogen) atoms. The third-order valence-corrected chi connectivity index (χ3v) is 1.55. The van der Waals surface area contributed by atoms with E-state index in [1.807, 2.05) is 0 Å². The van der Waals surface area contributed by atoms with E-state index in [-0.39, 0.29) is 12.8 Å². The van der Waals surface area contributed by atoms with E-state index in [9.17, 15) is 4.79 Å². The van der Waals surface area contributed by atoms with Crippen LogP contribution in [0.4, 0.5) is 16.2 Å². The summed E-state index contributed by atoms with van der Waals surface area (Å²) < 4.78 is 4.68. The number of urea groups is 1. The second-order valence-corrected chi connectivity index (χ2v) is 2.69. The highest BCUT2D eigenvalue weighted by atomic mass is 16.5. The van der Waals surface area contributed by atoms with Gasteiger partial charge in [0.05, 0.1) is 0 Å². The minimum absolute atomic E-state index is 0.181. The van der Waals surface area contributed by atoms with Gasteiger partial charge in [0.15, 0.2) is 0 Å². The first-order valence-corrected chi connectivity index (χ1v) is 4.11. The Bertz CT molecular complexity index is 297. The predicted octanol–water partition coefficient (Wildman–Crippen LogP) is 0.994. The predicted molar refractivity (Wildman–Crippen MR) is 54.9 cm³/mol. The largest absolute Gasteiger partial charge is 0.399 e. The molecule has 0 saturated heterocycles. The number of nitrogens with two attached hydrogens (primary N) is 1. The zero-order chi connectivity index (χ0) is 10.4. The molecule has 0 aliphatic carbocycles. The summed E-state index contributed by atoms with van der Waals surface area (Å²) in [6.07, 6.45) is 0. The fraction of sp³-hybridized carbons (Fsp3) is 0.222. The summed E-state index contributed by atoms with van der Waals surface area (Å²) in [4.78, 5) is 11.1. The van der Waals surface area contributed by atoms with Crippen molar-refractivity contribution in [2.24, 2.45) is 0 Å². The third-order valence-electron chi connectivity index (χ3n) is 1.55. The van der Waals surface area contributed by atoms with Crippen LogP contribution in [0.1, 0.15) is 0 Å². The van der Waals surface area contributed by atoms with Crippen LogP contribution in [0.2, 0.25) is 0 Å². The summed E-state index contributed by atoms with van der Waals surface area (Å²) >= 11 is 0. The molecule has 0 bridgehead atoms. The Morgan fingerprint density at radius 1 is 1.43 bits per heavy atom. The molecule has 0 spiro atoms. The van der Waals surface area contributed by atoms with Gasteiger partial charge in [-0.15, -0.1) is 0 Å². The van der Waals surface area contributed by atoms with Gasteiger partial charge in [0.25, 0.3) is 0 Å². The van der Waals surface area contributed by atoms with Crippen molar-refractivity contribution in [1.29, 1.82) is 0 Å². The van der Waals surface area contributed by atoms with Crippen molar-refractivity contribution in [2.45, 2.75) is 0 Å². The summed E-state index contributed by atoms with van der Waals surface area (Å²) in [6.45, 7) is 0.181. The second-order valence-electron chi connectivity index (χ2n) is 2.69. The van der Waals surface area contributed by atoms with Gasteiger partial charge in [-0.2, -0.15) is 0 Å². The maximum absolute atomic E-state index is 11.1. The molecular weight excluding hydrogens is 182 g/mol. The van der Waals surface area contributed by atoms with Crippen molar-refractivity contribution in [2.75, 3.05) is 24.9 Å². The standard InChI is InChI=1S/C9H13N3O2/c1-14-6-11-9(13)12-8-4-2-7(10)3-5-8/h2-5H,6,10H2,1H3,(H2,11,12,13). The van der Waals surface area contributed by atoms with E-state index in [1.54, 1.807) is 24.3 Å². The van der Waals surface area contributed by atoms with E-state index in [1.165, 1.54) is 7.11 Å². The molecule has 0 fully saturated rings. The molecule has 0 aliphatic heterocycles. The molecule has 5 heteroatoms. The number of ether oxygens (including phenoxy) is 1. The first kappa shape index (κ1) is 10.3. The van der Waals surface area contributed by atoms with E-state index in [4.69, 9.17) is 5.73 Å². The average molecular weight is 195 g/mol. The van der Waals surface area contributed by atoms with Crippen LogP contribution < -0.4 is 16.4 Å². The summed E-state index contributed by atoms with van der Waals surface area (Å²) in [5, 5.41) is 5.11. The van der Waals surface area contributed by atoms with Crippen LogP contribution in [0.25, 0.3) is 0 Å². The molecule has 0 atom stereocenters. The molecule has 1 aromatic rings. The topological polar surface area (TPSA) is 76.4 Å². The first-order valence-electron chi connectivity index (χ1n) is 4.11. The Morgan fingerprint density at radius 2 is 2.07 bits per heavy atom. The number of rotatable bonds is 3. The van der Waals surface area contributed by atoms with Gasteiger partial charge in [-0.25, -0.2) is 4.79 Å². The Hall–Kier alpha value is -1.75. The second kappa shape index (κ2) is 5.08. The normalized spacial score (nSPS) is 9.50.